The zero-order valence-electron chi connectivity index (χ0n) is 11.1. The third-order valence-electron chi connectivity index (χ3n) is 4.93. The maximum atomic E-state index is 6.55. The molecule has 2 atom stereocenters. The minimum Gasteiger partial charge on any atom is -0.325 e. The van der Waals surface area contributed by atoms with Crippen molar-refractivity contribution in [1.29, 1.82) is 0 Å². The fourth-order valence-electron chi connectivity index (χ4n) is 3.50. The van der Waals surface area contributed by atoms with Crippen molar-refractivity contribution in [2.75, 3.05) is 0 Å². The van der Waals surface area contributed by atoms with Crippen LogP contribution in [-0.2, 0) is 0 Å². The summed E-state index contributed by atoms with van der Waals surface area (Å²) in [5.74, 6) is 0.864. The Morgan fingerprint density at radius 1 is 1.00 bits per heavy atom. The molecule has 1 aliphatic rings. The highest BCUT2D eigenvalue weighted by atomic mass is 14.8. The van der Waals surface area contributed by atoms with Crippen molar-refractivity contribution in [2.45, 2.75) is 78.2 Å². The molecular formula is C14H29N. The van der Waals surface area contributed by atoms with Crippen LogP contribution in [0.4, 0.5) is 0 Å². The Bertz CT molecular complexity index is 196. The molecule has 1 fully saturated rings. The molecular weight excluding hydrogens is 182 g/mol. The van der Waals surface area contributed by atoms with Gasteiger partial charge in [-0.2, -0.15) is 0 Å². The van der Waals surface area contributed by atoms with Gasteiger partial charge in [-0.15, -0.1) is 0 Å². The van der Waals surface area contributed by atoms with Crippen LogP contribution < -0.4 is 5.73 Å². The Labute approximate surface area is 95.8 Å². The minimum atomic E-state index is 0.130. The van der Waals surface area contributed by atoms with Crippen molar-refractivity contribution in [3.05, 3.63) is 0 Å². The van der Waals surface area contributed by atoms with Crippen LogP contribution in [-0.4, -0.2) is 5.54 Å². The topological polar surface area (TPSA) is 26.0 Å². The first-order valence-electron chi connectivity index (χ1n) is 6.82. The van der Waals surface area contributed by atoms with Gasteiger partial charge in [0.25, 0.3) is 0 Å². The van der Waals surface area contributed by atoms with E-state index in [2.05, 4.69) is 27.7 Å². The molecule has 1 heteroatoms. The summed E-state index contributed by atoms with van der Waals surface area (Å²) in [5.41, 5.74) is 7.23. The molecule has 1 nitrogen and oxygen atoms in total. The Kier molecular flexibility index (Phi) is 4.22. The lowest BCUT2D eigenvalue weighted by molar-refractivity contribution is 0.0579. The van der Waals surface area contributed by atoms with Gasteiger partial charge in [-0.25, -0.2) is 0 Å². The molecule has 0 aromatic heterocycles. The summed E-state index contributed by atoms with van der Waals surface area (Å²) in [6.45, 7) is 9.27. The lowest BCUT2D eigenvalue weighted by Gasteiger charge is -2.49. The van der Waals surface area contributed by atoms with Gasteiger partial charge in [0, 0.05) is 5.54 Å². The van der Waals surface area contributed by atoms with Crippen LogP contribution in [0.15, 0.2) is 0 Å². The molecule has 15 heavy (non-hydrogen) atoms. The zero-order valence-corrected chi connectivity index (χ0v) is 11.1. The van der Waals surface area contributed by atoms with Crippen LogP contribution in [0.2, 0.25) is 0 Å². The van der Waals surface area contributed by atoms with Gasteiger partial charge in [-0.3, -0.25) is 0 Å². The number of hydrogen-bond donors (Lipinski definition) is 1. The molecule has 0 aromatic carbocycles. The summed E-state index contributed by atoms with van der Waals surface area (Å²) >= 11 is 0. The SMILES string of the molecule is CC[C@H]1CC(CC)(CC)C[C@](N)(CC)C1. The lowest BCUT2D eigenvalue weighted by atomic mass is 9.59. The average Bonchev–Trinajstić information content (AvgIpc) is 2.28. The molecule has 1 saturated carbocycles. The van der Waals surface area contributed by atoms with Crippen molar-refractivity contribution in [2.24, 2.45) is 17.1 Å². The Balaban J connectivity index is 2.83. The fourth-order valence-corrected chi connectivity index (χ4v) is 3.50. The van der Waals surface area contributed by atoms with Gasteiger partial charge in [-0.05, 0) is 37.0 Å². The van der Waals surface area contributed by atoms with Crippen molar-refractivity contribution in [3.8, 4) is 0 Å². The standard InChI is InChI=1S/C14H29N/c1-5-12-9-13(6-2,7-3)11-14(15,8-4)10-12/h12H,5-11,15H2,1-4H3/t12-,14-/m0/s1. The van der Waals surface area contributed by atoms with Gasteiger partial charge in [-0.1, -0.05) is 47.0 Å². The Hall–Kier alpha value is -0.0400. The summed E-state index contributed by atoms with van der Waals surface area (Å²) in [7, 11) is 0. The minimum absolute atomic E-state index is 0.130. The van der Waals surface area contributed by atoms with Crippen LogP contribution in [0.5, 0.6) is 0 Å². The largest absolute Gasteiger partial charge is 0.325 e. The zero-order chi connectivity index (χ0) is 11.5. The number of hydrogen-bond acceptors (Lipinski definition) is 1. The predicted octanol–water partition coefficient (Wildman–Crippen LogP) is 4.11. The Morgan fingerprint density at radius 2 is 1.60 bits per heavy atom. The highest BCUT2D eigenvalue weighted by Crippen LogP contribution is 2.49. The van der Waals surface area contributed by atoms with Gasteiger partial charge in [0.2, 0.25) is 0 Å². The van der Waals surface area contributed by atoms with E-state index in [0.717, 1.165) is 12.3 Å². The van der Waals surface area contributed by atoms with Crippen molar-refractivity contribution < 1.29 is 0 Å². The molecule has 0 aromatic rings. The van der Waals surface area contributed by atoms with Crippen LogP contribution in [0.25, 0.3) is 0 Å². The van der Waals surface area contributed by atoms with E-state index in [1.807, 2.05) is 0 Å². The highest BCUT2D eigenvalue weighted by molar-refractivity contribution is 4.98. The maximum absolute atomic E-state index is 6.55. The molecule has 1 aliphatic carbocycles. The molecule has 0 aliphatic heterocycles. The van der Waals surface area contributed by atoms with E-state index >= 15 is 0 Å². The predicted molar refractivity (Wildman–Crippen MR) is 67.9 cm³/mol. The lowest BCUT2D eigenvalue weighted by Crippen LogP contribution is -2.50. The van der Waals surface area contributed by atoms with E-state index < -0.39 is 0 Å². The molecule has 0 bridgehead atoms. The fraction of sp³-hybridized carbons (Fsp3) is 1.00. The second-order valence-corrected chi connectivity index (χ2v) is 5.78. The summed E-state index contributed by atoms with van der Waals surface area (Å²) in [6, 6.07) is 0. The third-order valence-corrected chi connectivity index (χ3v) is 4.93. The monoisotopic (exact) mass is 211 g/mol. The van der Waals surface area contributed by atoms with Crippen molar-refractivity contribution >= 4 is 0 Å². The molecule has 2 N–H and O–H groups in total. The molecule has 90 valence electrons. The summed E-state index contributed by atoms with van der Waals surface area (Å²) in [6.07, 6.45) is 8.97. The van der Waals surface area contributed by atoms with Gasteiger partial charge >= 0.3 is 0 Å². The van der Waals surface area contributed by atoms with E-state index in [1.54, 1.807) is 0 Å². The Morgan fingerprint density at radius 3 is 2.00 bits per heavy atom. The second kappa shape index (κ2) is 4.86. The molecule has 0 unspecified atom stereocenters. The van der Waals surface area contributed by atoms with Crippen molar-refractivity contribution in [1.82, 2.24) is 0 Å². The van der Waals surface area contributed by atoms with E-state index in [-0.39, 0.29) is 5.54 Å². The molecule has 0 heterocycles. The number of nitrogens with two attached hydrogens (primary N) is 1. The van der Waals surface area contributed by atoms with Crippen molar-refractivity contribution in [3.63, 3.8) is 0 Å². The first-order valence-corrected chi connectivity index (χ1v) is 6.82. The highest BCUT2D eigenvalue weighted by Gasteiger charge is 2.43. The smallest absolute Gasteiger partial charge is 0.0159 e. The second-order valence-electron chi connectivity index (χ2n) is 5.78. The summed E-state index contributed by atoms with van der Waals surface area (Å²) in [4.78, 5) is 0. The third kappa shape index (κ3) is 2.75. The number of rotatable bonds is 4. The average molecular weight is 211 g/mol. The van der Waals surface area contributed by atoms with Crippen LogP contribution in [0.1, 0.15) is 72.6 Å². The van der Waals surface area contributed by atoms with E-state index in [1.165, 1.54) is 38.5 Å². The molecule has 0 saturated heterocycles. The van der Waals surface area contributed by atoms with Gasteiger partial charge in [0.1, 0.15) is 0 Å². The molecule has 1 rings (SSSR count). The normalized spacial score (nSPS) is 35.4. The van der Waals surface area contributed by atoms with Gasteiger partial charge in [0.15, 0.2) is 0 Å². The van der Waals surface area contributed by atoms with E-state index in [4.69, 9.17) is 5.73 Å². The summed E-state index contributed by atoms with van der Waals surface area (Å²) in [5, 5.41) is 0. The summed E-state index contributed by atoms with van der Waals surface area (Å²) < 4.78 is 0. The molecule has 0 radical (unpaired) electrons. The van der Waals surface area contributed by atoms with Gasteiger partial charge < -0.3 is 5.73 Å². The van der Waals surface area contributed by atoms with Crippen LogP contribution in [0, 0.1) is 11.3 Å². The van der Waals surface area contributed by atoms with Gasteiger partial charge in [0.05, 0.1) is 0 Å². The maximum Gasteiger partial charge on any atom is 0.0159 e. The first kappa shape index (κ1) is 13.0. The first-order chi connectivity index (χ1) is 7.03. The van der Waals surface area contributed by atoms with Crippen LogP contribution >= 0.6 is 0 Å². The van der Waals surface area contributed by atoms with E-state index in [0.29, 0.717) is 5.41 Å². The molecule has 0 amide bonds. The van der Waals surface area contributed by atoms with E-state index in [9.17, 15) is 0 Å². The molecule has 0 spiro atoms. The quantitative estimate of drug-likeness (QED) is 0.744. The van der Waals surface area contributed by atoms with Crippen LogP contribution in [0.3, 0.4) is 0 Å².